The summed E-state index contributed by atoms with van der Waals surface area (Å²) in [6.45, 7) is 4.03. The number of amides is 1. The van der Waals surface area contributed by atoms with E-state index < -0.39 is 17.6 Å². The average Bonchev–Trinajstić information content (AvgIpc) is 3.40. The molecular formula is C29H25ClF2N4O3. The van der Waals surface area contributed by atoms with E-state index in [1.807, 2.05) is 42.5 Å². The van der Waals surface area contributed by atoms with Crippen LogP contribution in [-0.2, 0) is 4.74 Å². The Bertz CT molecular complexity index is 1520. The molecule has 4 aromatic rings. The van der Waals surface area contributed by atoms with Crippen molar-refractivity contribution < 1.29 is 23.1 Å². The van der Waals surface area contributed by atoms with Crippen molar-refractivity contribution in [2.24, 2.45) is 0 Å². The van der Waals surface area contributed by atoms with E-state index in [1.54, 1.807) is 28.6 Å². The molecule has 0 atom stereocenters. The molecule has 1 saturated heterocycles. The van der Waals surface area contributed by atoms with Crippen LogP contribution in [0.25, 0.3) is 16.9 Å². The molecule has 5 rings (SSSR count). The number of carbonyl (C=O) groups is 2. The van der Waals surface area contributed by atoms with Gasteiger partial charge in [0.15, 0.2) is 17.3 Å². The van der Waals surface area contributed by atoms with Gasteiger partial charge in [-0.2, -0.15) is 5.10 Å². The molecular weight excluding hydrogens is 526 g/mol. The van der Waals surface area contributed by atoms with Gasteiger partial charge in [-0.3, -0.25) is 4.79 Å². The van der Waals surface area contributed by atoms with Gasteiger partial charge in [0, 0.05) is 43.0 Å². The molecule has 0 radical (unpaired) electrons. The summed E-state index contributed by atoms with van der Waals surface area (Å²) in [4.78, 5) is 28.9. The maximum Gasteiger partial charge on any atom is 0.358 e. The number of esters is 1. The highest BCUT2D eigenvalue weighted by Gasteiger charge is 2.24. The summed E-state index contributed by atoms with van der Waals surface area (Å²) in [5.41, 5.74) is 3.42. The van der Waals surface area contributed by atoms with Gasteiger partial charge in [0.05, 0.1) is 23.0 Å². The van der Waals surface area contributed by atoms with Crippen LogP contribution in [0, 0.1) is 11.6 Å². The van der Waals surface area contributed by atoms with E-state index in [1.165, 1.54) is 6.07 Å². The summed E-state index contributed by atoms with van der Waals surface area (Å²) in [5, 5.41) is 4.96. The number of para-hydroxylation sites is 1. The fourth-order valence-electron chi connectivity index (χ4n) is 4.52. The van der Waals surface area contributed by atoms with Gasteiger partial charge in [0.25, 0.3) is 5.91 Å². The summed E-state index contributed by atoms with van der Waals surface area (Å²) in [6.07, 6.45) is 0. The van der Waals surface area contributed by atoms with E-state index in [4.69, 9.17) is 16.3 Å². The molecule has 2 heterocycles. The van der Waals surface area contributed by atoms with Gasteiger partial charge < -0.3 is 14.5 Å². The van der Waals surface area contributed by atoms with Gasteiger partial charge in [-0.25, -0.2) is 18.3 Å². The predicted molar refractivity (Wildman–Crippen MR) is 144 cm³/mol. The Labute approximate surface area is 229 Å². The molecule has 200 valence electrons. The molecule has 0 aliphatic carbocycles. The van der Waals surface area contributed by atoms with Crippen molar-refractivity contribution in [1.29, 1.82) is 0 Å². The highest BCUT2D eigenvalue weighted by molar-refractivity contribution is 6.32. The molecule has 1 fully saturated rings. The van der Waals surface area contributed by atoms with Gasteiger partial charge in [-0.15, -0.1) is 0 Å². The second kappa shape index (κ2) is 11.2. The molecule has 1 aromatic heterocycles. The molecule has 1 aliphatic rings. The fourth-order valence-corrected chi connectivity index (χ4v) is 4.74. The first-order chi connectivity index (χ1) is 18.9. The van der Waals surface area contributed by atoms with E-state index in [0.29, 0.717) is 42.6 Å². The first-order valence-corrected chi connectivity index (χ1v) is 12.9. The SMILES string of the molecule is CCOC(=O)c1cc(-c2ccc(N3CCN(C(=O)c4ccc(F)c(F)c4)CC3)cc2)n(-c2ccccc2Cl)n1. The zero-order valence-corrected chi connectivity index (χ0v) is 21.9. The Balaban J connectivity index is 1.33. The number of benzene rings is 3. The van der Waals surface area contributed by atoms with Crippen molar-refractivity contribution in [3.05, 3.63) is 101 Å². The average molecular weight is 551 g/mol. The van der Waals surface area contributed by atoms with Gasteiger partial charge in [-0.1, -0.05) is 35.9 Å². The molecule has 10 heteroatoms. The molecule has 1 amide bonds. The number of ether oxygens (including phenoxy) is 1. The first-order valence-electron chi connectivity index (χ1n) is 12.5. The number of rotatable bonds is 6. The largest absolute Gasteiger partial charge is 0.461 e. The van der Waals surface area contributed by atoms with Crippen LogP contribution >= 0.6 is 11.6 Å². The van der Waals surface area contributed by atoms with Crippen LogP contribution in [0.3, 0.4) is 0 Å². The van der Waals surface area contributed by atoms with Crippen LogP contribution in [0.4, 0.5) is 14.5 Å². The molecule has 0 saturated carbocycles. The lowest BCUT2D eigenvalue weighted by atomic mass is 10.1. The van der Waals surface area contributed by atoms with Crippen molar-refractivity contribution in [3.63, 3.8) is 0 Å². The number of hydrogen-bond donors (Lipinski definition) is 0. The topological polar surface area (TPSA) is 67.7 Å². The summed E-state index contributed by atoms with van der Waals surface area (Å²) >= 11 is 6.44. The van der Waals surface area contributed by atoms with Gasteiger partial charge in [-0.05, 0) is 55.5 Å². The summed E-state index contributed by atoms with van der Waals surface area (Å²) in [7, 11) is 0. The standard InChI is InChI=1S/C29H25ClF2N4O3/c1-2-39-29(38)25-18-27(36(33-25)26-6-4-3-5-22(26)30)19-7-10-21(11-8-19)34-13-15-35(16-14-34)28(37)20-9-12-23(31)24(32)17-20/h3-12,17-18H,2,13-16H2,1H3. The normalized spacial score (nSPS) is 13.4. The van der Waals surface area contributed by atoms with Crippen molar-refractivity contribution >= 4 is 29.2 Å². The molecule has 39 heavy (non-hydrogen) atoms. The fraction of sp³-hybridized carbons (Fsp3) is 0.207. The quantitative estimate of drug-likeness (QED) is 0.292. The molecule has 0 N–H and O–H groups in total. The smallest absolute Gasteiger partial charge is 0.358 e. The molecule has 0 bridgehead atoms. The number of carbonyl (C=O) groups excluding carboxylic acids is 2. The first kappa shape index (κ1) is 26.4. The third-order valence-corrected chi connectivity index (χ3v) is 6.86. The van der Waals surface area contributed by atoms with E-state index in [-0.39, 0.29) is 23.8 Å². The minimum Gasteiger partial charge on any atom is -0.461 e. The van der Waals surface area contributed by atoms with Gasteiger partial charge in [0.2, 0.25) is 0 Å². The molecule has 0 spiro atoms. The highest BCUT2D eigenvalue weighted by Crippen LogP contribution is 2.30. The van der Waals surface area contributed by atoms with Crippen molar-refractivity contribution in [1.82, 2.24) is 14.7 Å². The lowest BCUT2D eigenvalue weighted by Crippen LogP contribution is -2.48. The Kier molecular flexibility index (Phi) is 7.60. The number of halogens is 3. The van der Waals surface area contributed by atoms with Crippen LogP contribution in [0.5, 0.6) is 0 Å². The molecule has 3 aromatic carbocycles. The van der Waals surface area contributed by atoms with Gasteiger partial charge >= 0.3 is 5.97 Å². The van der Waals surface area contributed by atoms with E-state index in [0.717, 1.165) is 23.4 Å². The third kappa shape index (κ3) is 5.49. The number of anilines is 1. The van der Waals surface area contributed by atoms with Crippen molar-refractivity contribution in [2.45, 2.75) is 6.92 Å². The van der Waals surface area contributed by atoms with Crippen LogP contribution in [0.15, 0.2) is 72.8 Å². The van der Waals surface area contributed by atoms with Crippen LogP contribution in [-0.4, -0.2) is 59.3 Å². The lowest BCUT2D eigenvalue weighted by molar-refractivity contribution is 0.0518. The summed E-state index contributed by atoms with van der Waals surface area (Å²) < 4.78 is 33.6. The minimum absolute atomic E-state index is 0.129. The maximum absolute atomic E-state index is 13.6. The van der Waals surface area contributed by atoms with Crippen molar-refractivity contribution in [2.75, 3.05) is 37.7 Å². The number of aromatic nitrogens is 2. The Morgan fingerprint density at radius 3 is 2.31 bits per heavy atom. The minimum atomic E-state index is -1.04. The van der Waals surface area contributed by atoms with E-state index in [9.17, 15) is 18.4 Å². The van der Waals surface area contributed by atoms with Crippen LogP contribution < -0.4 is 4.90 Å². The lowest BCUT2D eigenvalue weighted by Gasteiger charge is -2.36. The zero-order chi connectivity index (χ0) is 27.5. The Morgan fingerprint density at radius 1 is 0.923 bits per heavy atom. The summed E-state index contributed by atoms with van der Waals surface area (Å²) in [5.74, 6) is -2.86. The number of piperazine rings is 1. The maximum atomic E-state index is 13.6. The van der Waals surface area contributed by atoms with E-state index >= 15 is 0 Å². The second-order valence-electron chi connectivity index (χ2n) is 8.95. The predicted octanol–water partition coefficient (Wildman–Crippen LogP) is 5.61. The molecule has 1 aliphatic heterocycles. The Hall–Kier alpha value is -4.24. The van der Waals surface area contributed by atoms with E-state index in [2.05, 4.69) is 10.00 Å². The summed E-state index contributed by atoms with van der Waals surface area (Å²) in [6, 6.07) is 19.9. The van der Waals surface area contributed by atoms with Crippen LogP contribution in [0.1, 0.15) is 27.8 Å². The number of hydrogen-bond acceptors (Lipinski definition) is 5. The molecule has 7 nitrogen and oxygen atoms in total. The zero-order valence-electron chi connectivity index (χ0n) is 21.1. The third-order valence-electron chi connectivity index (χ3n) is 6.54. The molecule has 0 unspecified atom stereocenters. The monoisotopic (exact) mass is 550 g/mol. The van der Waals surface area contributed by atoms with Crippen molar-refractivity contribution in [3.8, 4) is 16.9 Å². The Morgan fingerprint density at radius 2 is 1.64 bits per heavy atom. The van der Waals surface area contributed by atoms with Gasteiger partial charge in [0.1, 0.15) is 0 Å². The second-order valence-corrected chi connectivity index (χ2v) is 9.36. The number of nitrogens with zero attached hydrogens (tertiary/aromatic N) is 4. The highest BCUT2D eigenvalue weighted by atomic mass is 35.5. The van der Waals surface area contributed by atoms with Crippen LogP contribution in [0.2, 0.25) is 5.02 Å².